The number of fused-ring (bicyclic) bond motifs is 1. The molecule has 2 unspecified atom stereocenters. The molecule has 1 amide bonds. The van der Waals surface area contributed by atoms with Crippen molar-refractivity contribution >= 4 is 57.4 Å². The van der Waals surface area contributed by atoms with E-state index in [1.165, 1.54) is 4.31 Å². The monoisotopic (exact) mass is 609 g/mol. The fourth-order valence-corrected chi connectivity index (χ4v) is 6.46. The van der Waals surface area contributed by atoms with Crippen molar-refractivity contribution < 1.29 is 23.0 Å². The predicted octanol–water partition coefficient (Wildman–Crippen LogP) is 7.10. The highest BCUT2D eigenvalue weighted by Crippen LogP contribution is 2.50. The number of carbonyl (C=O) groups is 1. The summed E-state index contributed by atoms with van der Waals surface area (Å²) in [7, 11) is 3.14. The van der Waals surface area contributed by atoms with Crippen LogP contribution in [0.25, 0.3) is 0 Å². The zero-order chi connectivity index (χ0) is 29.5. The van der Waals surface area contributed by atoms with Crippen LogP contribution >= 0.6 is 23.2 Å². The normalized spacial score (nSPS) is 16.9. The number of anilines is 3. The van der Waals surface area contributed by atoms with Crippen LogP contribution in [0.3, 0.4) is 0 Å². The van der Waals surface area contributed by atoms with Gasteiger partial charge >= 0.3 is 0 Å². The molecule has 0 N–H and O–H groups in total. The van der Waals surface area contributed by atoms with Crippen LogP contribution in [0.4, 0.5) is 17.1 Å². The smallest absolute Gasteiger partial charge is 0.242 e. The molecular formula is C31H27Cl2N2O5S-. The topological polar surface area (TPSA) is 82.1 Å². The lowest BCUT2D eigenvalue weighted by Crippen LogP contribution is -2.39. The van der Waals surface area contributed by atoms with Crippen molar-refractivity contribution in [2.75, 3.05) is 23.4 Å². The van der Waals surface area contributed by atoms with Crippen molar-refractivity contribution in [2.45, 2.75) is 25.8 Å². The summed E-state index contributed by atoms with van der Waals surface area (Å²) in [6.07, 6.45) is 0. The largest absolute Gasteiger partial charge is 0.755 e. The number of methoxy groups -OCH3 is 2. The molecule has 0 fully saturated rings. The van der Waals surface area contributed by atoms with Gasteiger partial charge < -0.3 is 18.9 Å². The molecule has 0 saturated carbocycles. The van der Waals surface area contributed by atoms with E-state index >= 15 is 0 Å². The molecule has 0 bridgehead atoms. The first-order valence-electron chi connectivity index (χ1n) is 12.7. The number of para-hydroxylation sites is 1. The van der Waals surface area contributed by atoms with Gasteiger partial charge in [0.15, 0.2) is 0 Å². The lowest BCUT2D eigenvalue weighted by molar-refractivity contribution is -0.121. The molecule has 41 heavy (non-hydrogen) atoms. The van der Waals surface area contributed by atoms with Gasteiger partial charge in [-0.3, -0.25) is 13.3 Å². The standard InChI is InChI=1S/C31H28Cl2N2O5S/c1-19-7-5-6-8-27(19)35(41(37)38)22-11-13-26(33)24(16-22)31(2)25-15-21(32)10-14-28(25)34(30(31)36)18-20-9-12-23(39-3)17-29(20)40-4/h5-17H,18H2,1-4H3,(H,37,38)/p-1. The summed E-state index contributed by atoms with van der Waals surface area (Å²) in [5.41, 5.74) is 2.91. The lowest BCUT2D eigenvalue weighted by atomic mass is 9.77. The fourth-order valence-electron chi connectivity index (χ4n) is 5.33. The second kappa shape index (κ2) is 11.4. The summed E-state index contributed by atoms with van der Waals surface area (Å²) in [6.45, 7) is 3.83. The van der Waals surface area contributed by atoms with Crippen LogP contribution in [0.15, 0.2) is 78.9 Å². The van der Waals surface area contributed by atoms with Crippen molar-refractivity contribution in [1.29, 1.82) is 0 Å². The zero-order valence-corrected chi connectivity index (χ0v) is 25.1. The molecule has 0 radical (unpaired) electrons. The summed E-state index contributed by atoms with van der Waals surface area (Å²) < 4.78 is 37.1. The predicted molar refractivity (Wildman–Crippen MR) is 162 cm³/mol. The van der Waals surface area contributed by atoms with Gasteiger partial charge in [0.2, 0.25) is 5.91 Å². The molecular weight excluding hydrogens is 583 g/mol. The van der Waals surface area contributed by atoms with Crippen molar-refractivity contribution in [1.82, 2.24) is 0 Å². The molecule has 4 aromatic rings. The maximum atomic E-state index is 14.4. The third kappa shape index (κ3) is 5.06. The molecule has 0 spiro atoms. The van der Waals surface area contributed by atoms with E-state index in [1.54, 1.807) is 80.6 Å². The van der Waals surface area contributed by atoms with Crippen LogP contribution < -0.4 is 18.7 Å². The van der Waals surface area contributed by atoms with Gasteiger partial charge in [-0.2, -0.15) is 0 Å². The number of halogens is 2. The second-order valence-corrected chi connectivity index (χ2v) is 11.5. The van der Waals surface area contributed by atoms with Gasteiger partial charge in [0, 0.05) is 27.4 Å². The van der Waals surface area contributed by atoms with E-state index in [0.29, 0.717) is 49.7 Å². The molecule has 0 saturated heterocycles. The zero-order valence-electron chi connectivity index (χ0n) is 22.8. The molecule has 0 aromatic heterocycles. The van der Waals surface area contributed by atoms with Gasteiger partial charge in [0.1, 0.15) is 16.9 Å². The summed E-state index contributed by atoms with van der Waals surface area (Å²) >= 11 is 10.6. The van der Waals surface area contributed by atoms with E-state index in [4.69, 9.17) is 32.7 Å². The SMILES string of the molecule is COc1ccc(CN2C(=O)C(C)(c3cc(N(c4ccccc4C)S(=O)[O-])ccc3Cl)c3cc(Cl)ccc32)c(OC)c1. The Kier molecular flexibility index (Phi) is 8.03. The maximum Gasteiger partial charge on any atom is 0.242 e. The summed E-state index contributed by atoms with van der Waals surface area (Å²) in [5.74, 6) is 0.971. The highest BCUT2D eigenvalue weighted by Gasteiger charge is 2.50. The average molecular weight is 611 g/mol. The molecule has 1 aliphatic heterocycles. The summed E-state index contributed by atoms with van der Waals surface area (Å²) in [4.78, 5) is 16.1. The number of hydrogen-bond donors (Lipinski definition) is 0. The van der Waals surface area contributed by atoms with Crippen LogP contribution in [-0.2, 0) is 28.0 Å². The number of ether oxygens (including phenoxy) is 2. The third-order valence-corrected chi connectivity index (χ3v) is 8.76. The van der Waals surface area contributed by atoms with Gasteiger partial charge in [-0.1, -0.05) is 41.4 Å². The molecule has 10 heteroatoms. The molecule has 1 aliphatic rings. The van der Waals surface area contributed by atoms with Gasteiger partial charge in [-0.25, -0.2) is 0 Å². The van der Waals surface area contributed by atoms with E-state index in [0.717, 1.165) is 11.1 Å². The number of amides is 1. The van der Waals surface area contributed by atoms with Crippen LogP contribution in [-0.4, -0.2) is 28.9 Å². The Morgan fingerprint density at radius 2 is 1.71 bits per heavy atom. The Hall–Kier alpha value is -3.56. The number of nitrogens with zero attached hydrogens (tertiary/aromatic N) is 2. The first-order chi connectivity index (χ1) is 19.6. The highest BCUT2D eigenvalue weighted by atomic mass is 35.5. The Morgan fingerprint density at radius 1 is 0.951 bits per heavy atom. The Labute approximate surface area is 251 Å². The number of benzene rings is 4. The highest BCUT2D eigenvalue weighted by molar-refractivity contribution is 7.81. The van der Waals surface area contributed by atoms with Crippen LogP contribution in [0.5, 0.6) is 11.5 Å². The van der Waals surface area contributed by atoms with E-state index in [-0.39, 0.29) is 12.5 Å². The van der Waals surface area contributed by atoms with Crippen molar-refractivity contribution in [2.24, 2.45) is 0 Å². The number of hydrogen-bond acceptors (Lipinski definition) is 5. The minimum absolute atomic E-state index is 0.216. The Morgan fingerprint density at radius 3 is 2.39 bits per heavy atom. The first kappa shape index (κ1) is 29.0. The van der Waals surface area contributed by atoms with E-state index in [9.17, 15) is 13.6 Å². The maximum absolute atomic E-state index is 14.4. The molecule has 7 nitrogen and oxygen atoms in total. The minimum atomic E-state index is -2.64. The average Bonchev–Trinajstić information content (AvgIpc) is 3.16. The number of rotatable bonds is 8. The van der Waals surface area contributed by atoms with Gasteiger partial charge in [-0.05, 0) is 85.1 Å². The van der Waals surface area contributed by atoms with E-state index in [1.807, 2.05) is 31.2 Å². The quantitative estimate of drug-likeness (QED) is 0.199. The van der Waals surface area contributed by atoms with Gasteiger partial charge in [0.05, 0.1) is 43.4 Å². The molecule has 212 valence electrons. The second-order valence-electron chi connectivity index (χ2n) is 9.82. The minimum Gasteiger partial charge on any atom is -0.755 e. The molecule has 2 atom stereocenters. The molecule has 5 rings (SSSR count). The number of carbonyl (C=O) groups excluding carboxylic acids is 1. The fraction of sp³-hybridized carbons (Fsp3) is 0.194. The molecule has 0 aliphatic carbocycles. The van der Waals surface area contributed by atoms with E-state index in [2.05, 4.69) is 0 Å². The Balaban J connectivity index is 1.65. The van der Waals surface area contributed by atoms with Crippen molar-refractivity contribution in [3.63, 3.8) is 0 Å². The van der Waals surface area contributed by atoms with Gasteiger partial charge in [-0.15, -0.1) is 0 Å². The van der Waals surface area contributed by atoms with Gasteiger partial charge in [0.25, 0.3) is 0 Å². The molecule has 4 aromatic carbocycles. The Bertz CT molecular complexity index is 1680. The van der Waals surface area contributed by atoms with Crippen LogP contribution in [0.2, 0.25) is 10.0 Å². The third-order valence-electron chi connectivity index (χ3n) is 7.49. The first-order valence-corrected chi connectivity index (χ1v) is 14.5. The lowest BCUT2D eigenvalue weighted by Gasteiger charge is -2.31. The van der Waals surface area contributed by atoms with Crippen molar-refractivity contribution in [3.05, 3.63) is 111 Å². The van der Waals surface area contributed by atoms with Crippen molar-refractivity contribution in [3.8, 4) is 11.5 Å². The van der Waals surface area contributed by atoms with E-state index < -0.39 is 16.7 Å². The number of aryl methyl sites for hydroxylation is 1. The summed E-state index contributed by atoms with van der Waals surface area (Å²) in [5, 5.41) is 0.780. The molecule has 1 heterocycles. The summed E-state index contributed by atoms with van der Waals surface area (Å²) in [6, 6.07) is 22.8. The van der Waals surface area contributed by atoms with Crippen LogP contribution in [0.1, 0.15) is 29.2 Å². The van der Waals surface area contributed by atoms with Crippen LogP contribution in [0, 0.1) is 6.92 Å².